The monoisotopic (exact) mass is 225 g/mol. The lowest BCUT2D eigenvalue weighted by atomic mass is 9.89. The van der Waals surface area contributed by atoms with Gasteiger partial charge in [0.05, 0.1) is 17.9 Å². The molecular weight excluding hydrogens is 206 g/mol. The zero-order valence-corrected chi connectivity index (χ0v) is 10.2. The predicted molar refractivity (Wildman–Crippen MR) is 61.3 cm³/mol. The van der Waals surface area contributed by atoms with Gasteiger partial charge < -0.3 is 10.4 Å². The minimum atomic E-state index is -0.188. The van der Waals surface area contributed by atoms with Gasteiger partial charge in [0, 0.05) is 25.2 Å². The van der Waals surface area contributed by atoms with E-state index in [-0.39, 0.29) is 24.5 Å². The molecule has 0 saturated carbocycles. The lowest BCUT2D eigenvalue weighted by Crippen LogP contribution is -2.28. The van der Waals surface area contributed by atoms with Gasteiger partial charge in [-0.05, 0) is 0 Å². The first kappa shape index (κ1) is 12.7. The van der Waals surface area contributed by atoms with Crippen molar-refractivity contribution in [1.82, 2.24) is 15.1 Å². The molecule has 1 aromatic rings. The summed E-state index contributed by atoms with van der Waals surface area (Å²) >= 11 is 0. The Bertz CT molecular complexity index is 377. The van der Waals surface area contributed by atoms with Crippen molar-refractivity contribution in [3.05, 3.63) is 17.5 Å². The van der Waals surface area contributed by atoms with Crippen LogP contribution in [0.5, 0.6) is 0 Å². The van der Waals surface area contributed by atoms with E-state index in [2.05, 4.69) is 10.4 Å². The molecule has 0 spiro atoms. The molecule has 16 heavy (non-hydrogen) atoms. The standard InChI is InChI=1S/C11H19N3O2/c1-11(2,3)9-8(7-14(4)13-9)10(16)12-5-6-15/h7,15H,5-6H2,1-4H3,(H,12,16). The van der Waals surface area contributed by atoms with Crippen LogP contribution in [0.2, 0.25) is 0 Å². The molecule has 1 heterocycles. The third-order valence-electron chi connectivity index (χ3n) is 2.18. The summed E-state index contributed by atoms with van der Waals surface area (Å²) in [5, 5.41) is 15.6. The normalized spacial score (nSPS) is 11.6. The van der Waals surface area contributed by atoms with E-state index in [4.69, 9.17) is 5.11 Å². The molecule has 1 amide bonds. The summed E-state index contributed by atoms with van der Waals surface area (Å²) in [7, 11) is 1.79. The van der Waals surface area contributed by atoms with E-state index in [0.29, 0.717) is 5.56 Å². The number of aliphatic hydroxyl groups is 1. The van der Waals surface area contributed by atoms with Crippen LogP contribution in [-0.4, -0.2) is 33.9 Å². The van der Waals surface area contributed by atoms with Crippen molar-refractivity contribution in [3.63, 3.8) is 0 Å². The Balaban J connectivity index is 2.99. The molecule has 2 N–H and O–H groups in total. The van der Waals surface area contributed by atoms with Crippen molar-refractivity contribution < 1.29 is 9.90 Å². The van der Waals surface area contributed by atoms with Crippen molar-refractivity contribution in [3.8, 4) is 0 Å². The lowest BCUT2D eigenvalue weighted by molar-refractivity contribution is 0.0942. The van der Waals surface area contributed by atoms with Gasteiger partial charge in [0.15, 0.2) is 0 Å². The fraction of sp³-hybridized carbons (Fsp3) is 0.636. The van der Waals surface area contributed by atoms with E-state index >= 15 is 0 Å². The van der Waals surface area contributed by atoms with Crippen molar-refractivity contribution in [2.45, 2.75) is 26.2 Å². The second-order valence-electron chi connectivity index (χ2n) is 4.79. The lowest BCUT2D eigenvalue weighted by Gasteiger charge is -2.17. The topological polar surface area (TPSA) is 67.2 Å². The summed E-state index contributed by atoms with van der Waals surface area (Å²) in [6.07, 6.45) is 1.70. The van der Waals surface area contributed by atoms with E-state index in [9.17, 15) is 4.79 Å². The van der Waals surface area contributed by atoms with Crippen LogP contribution in [0, 0.1) is 0 Å². The van der Waals surface area contributed by atoms with Gasteiger partial charge in [0.2, 0.25) is 0 Å². The molecule has 0 aromatic carbocycles. The zero-order chi connectivity index (χ0) is 12.3. The van der Waals surface area contributed by atoms with Crippen LogP contribution < -0.4 is 5.32 Å². The summed E-state index contributed by atoms with van der Waals surface area (Å²) < 4.78 is 1.63. The summed E-state index contributed by atoms with van der Waals surface area (Å²) in [6, 6.07) is 0. The molecule has 0 aliphatic heterocycles. The number of aromatic nitrogens is 2. The van der Waals surface area contributed by atoms with Gasteiger partial charge in [-0.25, -0.2) is 0 Å². The number of rotatable bonds is 3. The molecule has 0 saturated heterocycles. The maximum atomic E-state index is 11.8. The Kier molecular flexibility index (Phi) is 3.70. The van der Waals surface area contributed by atoms with Crippen molar-refractivity contribution in [2.24, 2.45) is 7.05 Å². The minimum absolute atomic E-state index is 0.0587. The van der Waals surface area contributed by atoms with E-state index < -0.39 is 0 Å². The summed E-state index contributed by atoms with van der Waals surface area (Å²) in [5.74, 6) is -0.188. The molecule has 0 atom stereocenters. The largest absolute Gasteiger partial charge is 0.395 e. The predicted octanol–water partition coefficient (Wildman–Crippen LogP) is 0.440. The Morgan fingerprint density at radius 2 is 2.19 bits per heavy atom. The first-order valence-electron chi connectivity index (χ1n) is 5.29. The molecule has 5 heteroatoms. The molecule has 0 unspecified atom stereocenters. The third kappa shape index (κ3) is 2.82. The maximum absolute atomic E-state index is 11.8. The summed E-state index contributed by atoms with van der Waals surface area (Å²) in [5.41, 5.74) is 1.17. The Hall–Kier alpha value is -1.36. The number of carbonyl (C=O) groups is 1. The molecule has 0 bridgehead atoms. The molecule has 0 radical (unpaired) electrons. The molecule has 0 aliphatic rings. The fourth-order valence-corrected chi connectivity index (χ4v) is 1.47. The van der Waals surface area contributed by atoms with E-state index in [1.54, 1.807) is 17.9 Å². The molecule has 90 valence electrons. The quantitative estimate of drug-likeness (QED) is 0.784. The second kappa shape index (κ2) is 4.65. The number of nitrogens with one attached hydrogen (secondary N) is 1. The Morgan fingerprint density at radius 1 is 1.56 bits per heavy atom. The van der Waals surface area contributed by atoms with Crippen molar-refractivity contribution >= 4 is 5.91 Å². The summed E-state index contributed by atoms with van der Waals surface area (Å²) in [4.78, 5) is 11.8. The molecule has 0 aliphatic carbocycles. The van der Waals surface area contributed by atoms with Gasteiger partial charge in [-0.15, -0.1) is 0 Å². The average molecular weight is 225 g/mol. The number of aryl methyl sites for hydroxylation is 1. The van der Waals surface area contributed by atoms with Crippen LogP contribution in [0.15, 0.2) is 6.20 Å². The maximum Gasteiger partial charge on any atom is 0.254 e. The zero-order valence-electron chi connectivity index (χ0n) is 10.2. The molecular formula is C11H19N3O2. The highest BCUT2D eigenvalue weighted by atomic mass is 16.3. The minimum Gasteiger partial charge on any atom is -0.395 e. The summed E-state index contributed by atoms with van der Waals surface area (Å²) in [6.45, 7) is 6.24. The second-order valence-corrected chi connectivity index (χ2v) is 4.79. The van der Waals surface area contributed by atoms with Crippen LogP contribution in [0.3, 0.4) is 0 Å². The fourth-order valence-electron chi connectivity index (χ4n) is 1.47. The third-order valence-corrected chi connectivity index (χ3v) is 2.18. The van der Waals surface area contributed by atoms with Gasteiger partial charge in [0.1, 0.15) is 0 Å². The number of nitrogens with zero attached hydrogens (tertiary/aromatic N) is 2. The average Bonchev–Trinajstić information content (AvgIpc) is 2.56. The van der Waals surface area contributed by atoms with E-state index in [1.165, 1.54) is 0 Å². The van der Waals surface area contributed by atoms with Crippen LogP contribution in [-0.2, 0) is 12.5 Å². The first-order chi connectivity index (χ1) is 7.36. The number of aliphatic hydroxyl groups excluding tert-OH is 1. The molecule has 5 nitrogen and oxygen atoms in total. The van der Waals surface area contributed by atoms with Crippen LogP contribution >= 0.6 is 0 Å². The van der Waals surface area contributed by atoms with E-state index in [0.717, 1.165) is 5.69 Å². The van der Waals surface area contributed by atoms with E-state index in [1.807, 2.05) is 20.8 Å². The highest BCUT2D eigenvalue weighted by Crippen LogP contribution is 2.23. The van der Waals surface area contributed by atoms with Crippen molar-refractivity contribution in [1.29, 1.82) is 0 Å². The Labute approximate surface area is 95.5 Å². The highest BCUT2D eigenvalue weighted by Gasteiger charge is 2.25. The molecule has 1 aromatic heterocycles. The van der Waals surface area contributed by atoms with Gasteiger partial charge in [0.25, 0.3) is 5.91 Å². The Morgan fingerprint density at radius 3 is 2.69 bits per heavy atom. The number of amides is 1. The highest BCUT2D eigenvalue weighted by molar-refractivity contribution is 5.95. The van der Waals surface area contributed by atoms with Gasteiger partial charge >= 0.3 is 0 Å². The van der Waals surface area contributed by atoms with Crippen LogP contribution in [0.1, 0.15) is 36.8 Å². The van der Waals surface area contributed by atoms with Gasteiger partial charge in [-0.1, -0.05) is 20.8 Å². The first-order valence-corrected chi connectivity index (χ1v) is 5.29. The van der Waals surface area contributed by atoms with Crippen LogP contribution in [0.4, 0.5) is 0 Å². The molecule has 1 rings (SSSR count). The van der Waals surface area contributed by atoms with Gasteiger partial charge in [-0.3, -0.25) is 9.48 Å². The molecule has 0 fully saturated rings. The van der Waals surface area contributed by atoms with Gasteiger partial charge in [-0.2, -0.15) is 5.10 Å². The van der Waals surface area contributed by atoms with Crippen LogP contribution in [0.25, 0.3) is 0 Å². The number of carbonyl (C=O) groups excluding carboxylic acids is 1. The number of hydrogen-bond donors (Lipinski definition) is 2. The smallest absolute Gasteiger partial charge is 0.254 e. The SMILES string of the molecule is Cn1cc(C(=O)NCCO)c(C(C)(C)C)n1. The number of hydrogen-bond acceptors (Lipinski definition) is 3. The van der Waals surface area contributed by atoms with Crippen molar-refractivity contribution in [2.75, 3.05) is 13.2 Å².